The molecule has 1 aromatic carbocycles. The predicted octanol–water partition coefficient (Wildman–Crippen LogP) is 4.44. The predicted molar refractivity (Wildman–Crippen MR) is 87.3 cm³/mol. The number of hydrogen-bond donors (Lipinski definition) is 1. The van der Waals surface area contributed by atoms with Gasteiger partial charge in [0.1, 0.15) is 5.75 Å². The van der Waals surface area contributed by atoms with E-state index in [-0.39, 0.29) is 5.91 Å². The van der Waals surface area contributed by atoms with Crippen LogP contribution in [0.25, 0.3) is 0 Å². The summed E-state index contributed by atoms with van der Waals surface area (Å²) in [5, 5.41) is 4.92. The van der Waals surface area contributed by atoms with Crippen molar-refractivity contribution in [2.45, 2.75) is 46.1 Å². The molecule has 0 aliphatic rings. The van der Waals surface area contributed by atoms with Crippen LogP contribution in [0.4, 0.5) is 0 Å². The van der Waals surface area contributed by atoms with Crippen LogP contribution in [0.1, 0.15) is 40.0 Å². The van der Waals surface area contributed by atoms with Gasteiger partial charge in [-0.2, -0.15) is 5.10 Å². The van der Waals surface area contributed by atoms with Crippen LogP contribution in [0.5, 0.6) is 5.75 Å². The maximum atomic E-state index is 11.9. The highest BCUT2D eigenvalue weighted by Gasteiger charge is 2.15. The number of carbonyl (C=O) groups excluding carboxylic acids is 1. The quantitative estimate of drug-likeness (QED) is 0.593. The van der Waals surface area contributed by atoms with E-state index in [2.05, 4.69) is 17.5 Å². The monoisotopic (exact) mass is 330 g/mol. The highest BCUT2D eigenvalue weighted by Crippen LogP contribution is 2.28. The van der Waals surface area contributed by atoms with Crippen molar-refractivity contribution in [1.82, 2.24) is 5.43 Å². The minimum atomic E-state index is -0.702. The average Bonchev–Trinajstić information content (AvgIpc) is 2.45. The first-order valence-corrected chi connectivity index (χ1v) is 7.64. The lowest BCUT2D eigenvalue weighted by atomic mass is 10.2. The molecule has 0 heterocycles. The molecular formula is C15H20Cl2N2O2. The molecule has 1 N–H and O–H groups in total. The minimum Gasteiger partial charge on any atom is -0.479 e. The average molecular weight is 331 g/mol. The van der Waals surface area contributed by atoms with E-state index >= 15 is 0 Å². The summed E-state index contributed by atoms with van der Waals surface area (Å²) in [4.78, 5) is 11.9. The van der Waals surface area contributed by atoms with Crippen LogP contribution in [0.3, 0.4) is 0 Å². The number of hydrazone groups is 1. The van der Waals surface area contributed by atoms with Crippen molar-refractivity contribution in [1.29, 1.82) is 0 Å². The Bertz CT molecular complexity index is 518. The Labute approximate surface area is 135 Å². The third-order valence-corrected chi connectivity index (χ3v) is 3.35. The molecule has 0 radical (unpaired) electrons. The SMILES string of the molecule is CCCCC(C)=NNC(=O)C(C)Oc1ccc(Cl)cc1Cl. The van der Waals surface area contributed by atoms with Crippen molar-refractivity contribution in [2.24, 2.45) is 5.10 Å². The first-order valence-electron chi connectivity index (χ1n) is 6.88. The van der Waals surface area contributed by atoms with Gasteiger partial charge in [-0.25, -0.2) is 5.43 Å². The number of halogens is 2. The highest BCUT2D eigenvalue weighted by atomic mass is 35.5. The number of unbranched alkanes of at least 4 members (excludes halogenated alkanes) is 1. The van der Waals surface area contributed by atoms with Crippen molar-refractivity contribution in [3.63, 3.8) is 0 Å². The van der Waals surface area contributed by atoms with Crippen molar-refractivity contribution in [3.05, 3.63) is 28.2 Å². The van der Waals surface area contributed by atoms with Gasteiger partial charge in [-0.05, 0) is 44.9 Å². The number of nitrogens with zero attached hydrogens (tertiary/aromatic N) is 1. The molecule has 1 aromatic rings. The zero-order valence-corrected chi connectivity index (χ0v) is 14.0. The lowest BCUT2D eigenvalue weighted by Gasteiger charge is -2.14. The Morgan fingerprint density at radius 1 is 1.43 bits per heavy atom. The summed E-state index contributed by atoms with van der Waals surface area (Å²) < 4.78 is 5.50. The van der Waals surface area contributed by atoms with E-state index in [1.807, 2.05) is 6.92 Å². The standard InChI is InChI=1S/C15H20Cl2N2O2/c1-4-5-6-10(2)18-19-15(20)11(3)21-14-8-7-12(16)9-13(14)17/h7-9,11H,4-6H2,1-3H3,(H,19,20). The molecule has 0 saturated carbocycles. The van der Waals surface area contributed by atoms with Gasteiger partial charge in [0, 0.05) is 10.7 Å². The summed E-state index contributed by atoms with van der Waals surface area (Å²) >= 11 is 11.8. The molecular weight excluding hydrogens is 311 g/mol. The van der Waals surface area contributed by atoms with Gasteiger partial charge in [-0.15, -0.1) is 0 Å². The fraction of sp³-hybridized carbons (Fsp3) is 0.467. The summed E-state index contributed by atoms with van der Waals surface area (Å²) in [6, 6.07) is 4.85. The van der Waals surface area contributed by atoms with Gasteiger partial charge in [-0.3, -0.25) is 4.79 Å². The Morgan fingerprint density at radius 2 is 2.14 bits per heavy atom. The van der Waals surface area contributed by atoms with E-state index in [0.717, 1.165) is 25.0 Å². The third kappa shape index (κ3) is 6.36. The number of benzene rings is 1. The van der Waals surface area contributed by atoms with Gasteiger partial charge >= 0.3 is 0 Å². The van der Waals surface area contributed by atoms with Gasteiger partial charge in [0.15, 0.2) is 6.10 Å². The molecule has 0 aliphatic carbocycles. The number of rotatable bonds is 7. The molecule has 0 bridgehead atoms. The first kappa shape index (κ1) is 17.8. The summed E-state index contributed by atoms with van der Waals surface area (Å²) in [5.74, 6) is 0.0901. The number of hydrogen-bond acceptors (Lipinski definition) is 3. The third-order valence-electron chi connectivity index (χ3n) is 2.82. The molecule has 0 saturated heterocycles. The number of carbonyl (C=O) groups is 1. The lowest BCUT2D eigenvalue weighted by molar-refractivity contribution is -0.127. The zero-order chi connectivity index (χ0) is 15.8. The summed E-state index contributed by atoms with van der Waals surface area (Å²) in [6.07, 6.45) is 2.31. The molecule has 0 aromatic heterocycles. The minimum absolute atomic E-state index is 0.322. The summed E-state index contributed by atoms with van der Waals surface area (Å²) in [7, 11) is 0. The molecule has 1 atom stereocenters. The van der Waals surface area contributed by atoms with Crippen LogP contribution >= 0.6 is 23.2 Å². The van der Waals surface area contributed by atoms with Crippen molar-refractivity contribution in [3.8, 4) is 5.75 Å². The summed E-state index contributed by atoms with van der Waals surface area (Å²) in [5.41, 5.74) is 3.39. The molecule has 4 nitrogen and oxygen atoms in total. The van der Waals surface area contributed by atoms with E-state index in [1.165, 1.54) is 0 Å². The smallest absolute Gasteiger partial charge is 0.280 e. The maximum Gasteiger partial charge on any atom is 0.280 e. The second kappa shape index (κ2) is 8.90. The normalized spacial score (nSPS) is 12.9. The number of ether oxygens (including phenoxy) is 1. The number of nitrogens with one attached hydrogen (secondary N) is 1. The van der Waals surface area contributed by atoms with Gasteiger partial charge < -0.3 is 4.74 Å². The van der Waals surface area contributed by atoms with Crippen molar-refractivity contribution >= 4 is 34.8 Å². The second-order valence-electron chi connectivity index (χ2n) is 4.76. The molecule has 1 rings (SSSR count). The topological polar surface area (TPSA) is 50.7 Å². The van der Waals surface area contributed by atoms with Gasteiger partial charge in [-0.1, -0.05) is 36.5 Å². The van der Waals surface area contributed by atoms with E-state index in [1.54, 1.807) is 25.1 Å². The van der Waals surface area contributed by atoms with Crippen LogP contribution in [-0.2, 0) is 4.79 Å². The van der Waals surface area contributed by atoms with E-state index in [4.69, 9.17) is 27.9 Å². The van der Waals surface area contributed by atoms with Gasteiger partial charge in [0.25, 0.3) is 5.91 Å². The second-order valence-corrected chi connectivity index (χ2v) is 5.61. The van der Waals surface area contributed by atoms with E-state index in [0.29, 0.717) is 15.8 Å². The molecule has 0 aliphatic heterocycles. The Morgan fingerprint density at radius 3 is 2.76 bits per heavy atom. The van der Waals surface area contributed by atoms with E-state index in [9.17, 15) is 4.79 Å². The Kier molecular flexibility index (Phi) is 7.54. The molecule has 6 heteroatoms. The summed E-state index contributed by atoms with van der Waals surface area (Å²) in [6.45, 7) is 5.63. The molecule has 21 heavy (non-hydrogen) atoms. The fourth-order valence-corrected chi connectivity index (χ4v) is 2.00. The Balaban J connectivity index is 2.54. The molecule has 0 spiro atoms. The zero-order valence-electron chi connectivity index (χ0n) is 12.5. The number of amides is 1. The largest absolute Gasteiger partial charge is 0.479 e. The molecule has 1 amide bonds. The Hall–Kier alpha value is -1.26. The van der Waals surface area contributed by atoms with Crippen molar-refractivity contribution < 1.29 is 9.53 Å². The highest BCUT2D eigenvalue weighted by molar-refractivity contribution is 6.35. The maximum absolute atomic E-state index is 11.9. The van der Waals surface area contributed by atoms with E-state index < -0.39 is 6.10 Å². The van der Waals surface area contributed by atoms with Crippen molar-refractivity contribution in [2.75, 3.05) is 0 Å². The fourth-order valence-electron chi connectivity index (χ4n) is 1.54. The molecule has 1 unspecified atom stereocenters. The van der Waals surface area contributed by atoms with Gasteiger partial charge in [0.2, 0.25) is 0 Å². The molecule has 116 valence electrons. The van der Waals surface area contributed by atoms with Crippen LogP contribution in [0.15, 0.2) is 23.3 Å². The first-order chi connectivity index (χ1) is 9.93. The lowest BCUT2D eigenvalue weighted by Crippen LogP contribution is -2.33. The van der Waals surface area contributed by atoms with Crippen LogP contribution in [-0.4, -0.2) is 17.7 Å². The molecule has 0 fully saturated rings. The van der Waals surface area contributed by atoms with Gasteiger partial charge in [0.05, 0.1) is 5.02 Å². The van der Waals surface area contributed by atoms with Crippen LogP contribution in [0.2, 0.25) is 10.0 Å². The van der Waals surface area contributed by atoms with Crippen LogP contribution < -0.4 is 10.2 Å². The van der Waals surface area contributed by atoms with Crippen LogP contribution in [0, 0.1) is 0 Å².